The molecular weight excluding hydrogens is 456 g/mol. The van der Waals surface area contributed by atoms with Crippen LogP contribution in [-0.4, -0.2) is 63.5 Å². The number of fused-ring (bicyclic) bond motifs is 5. The molecule has 3 aliphatic rings. The Labute approximate surface area is 210 Å². The van der Waals surface area contributed by atoms with E-state index in [1.807, 2.05) is 28.8 Å². The number of hydrogen-bond acceptors (Lipinski definition) is 4. The molecule has 6 rings (SSSR count). The minimum absolute atomic E-state index is 0.0828. The Kier molecular flexibility index (Phi) is 5.85. The number of rotatable bonds is 3. The number of carbonyl (C=O) groups is 2. The van der Waals surface area contributed by atoms with Crippen LogP contribution in [0.25, 0.3) is 22.2 Å². The predicted octanol–water partition coefficient (Wildman–Crippen LogP) is 4.20. The van der Waals surface area contributed by atoms with Gasteiger partial charge in [-0.25, -0.2) is 4.79 Å². The number of hydrogen-bond donors (Lipinski definition) is 2. The average Bonchev–Trinajstić information content (AvgIpc) is 3.14. The standard InChI is InChI=1S/C29H32N2O5/c32-27(33)20-10-11-23-24(16-20)31-18-29(35,28(34)30-12-14-36-15-13-30)17-21-8-4-5-9-22(21)26(31)25(23)19-6-2-1-3-7-19/h4-5,8-11,16,19,35H,1-3,6-7,12-15,17-18H2,(H,32,33). The summed E-state index contributed by atoms with van der Waals surface area (Å²) < 4.78 is 7.47. The van der Waals surface area contributed by atoms with E-state index in [1.165, 1.54) is 24.8 Å². The second-order valence-electron chi connectivity index (χ2n) is 10.5. The highest BCUT2D eigenvalue weighted by atomic mass is 16.5. The molecule has 0 radical (unpaired) electrons. The molecule has 2 fully saturated rings. The monoisotopic (exact) mass is 488 g/mol. The van der Waals surface area contributed by atoms with Gasteiger partial charge in [-0.15, -0.1) is 0 Å². The molecule has 1 amide bonds. The van der Waals surface area contributed by atoms with E-state index >= 15 is 0 Å². The summed E-state index contributed by atoms with van der Waals surface area (Å²) >= 11 is 0. The molecule has 7 nitrogen and oxygen atoms in total. The van der Waals surface area contributed by atoms with E-state index in [1.54, 1.807) is 17.0 Å². The lowest BCUT2D eigenvalue weighted by Crippen LogP contribution is -2.55. The van der Waals surface area contributed by atoms with E-state index in [2.05, 4.69) is 6.07 Å². The third-order valence-corrected chi connectivity index (χ3v) is 8.24. The number of carbonyl (C=O) groups excluding carboxylic acids is 1. The van der Waals surface area contributed by atoms with Gasteiger partial charge in [0.1, 0.15) is 0 Å². The van der Waals surface area contributed by atoms with Gasteiger partial charge in [-0.05, 0) is 42.0 Å². The van der Waals surface area contributed by atoms with Crippen molar-refractivity contribution >= 4 is 22.8 Å². The molecule has 3 aromatic rings. The van der Waals surface area contributed by atoms with Gasteiger partial charge in [0.2, 0.25) is 0 Å². The fraction of sp³-hybridized carbons (Fsp3) is 0.448. The number of aromatic carboxylic acids is 1. The van der Waals surface area contributed by atoms with Crippen LogP contribution < -0.4 is 0 Å². The Morgan fingerprint density at radius 2 is 1.75 bits per heavy atom. The Balaban J connectivity index is 1.60. The minimum Gasteiger partial charge on any atom is -0.478 e. The smallest absolute Gasteiger partial charge is 0.335 e. The molecule has 36 heavy (non-hydrogen) atoms. The van der Waals surface area contributed by atoms with Crippen LogP contribution in [0.4, 0.5) is 0 Å². The van der Waals surface area contributed by atoms with Crippen LogP contribution in [0.15, 0.2) is 42.5 Å². The summed E-state index contributed by atoms with van der Waals surface area (Å²) in [7, 11) is 0. The number of nitrogens with zero attached hydrogens (tertiary/aromatic N) is 2. The van der Waals surface area contributed by atoms with Crippen LogP contribution in [0.5, 0.6) is 0 Å². The first kappa shape index (κ1) is 23.3. The molecule has 1 aromatic heterocycles. The van der Waals surface area contributed by atoms with Crippen LogP contribution in [0, 0.1) is 0 Å². The molecule has 7 heteroatoms. The number of aromatic nitrogens is 1. The van der Waals surface area contributed by atoms with Crippen molar-refractivity contribution in [2.75, 3.05) is 26.3 Å². The first-order valence-electron chi connectivity index (χ1n) is 13.0. The molecule has 0 bridgehead atoms. The summed E-state index contributed by atoms with van der Waals surface area (Å²) in [5.41, 5.74) is 3.57. The molecular formula is C29H32N2O5. The first-order valence-corrected chi connectivity index (χ1v) is 13.0. The zero-order valence-corrected chi connectivity index (χ0v) is 20.4. The highest BCUT2D eigenvalue weighted by Gasteiger charge is 2.44. The molecule has 3 heterocycles. The molecule has 188 valence electrons. The quantitative estimate of drug-likeness (QED) is 0.577. The Bertz CT molecular complexity index is 1330. The average molecular weight is 489 g/mol. The van der Waals surface area contributed by atoms with E-state index in [4.69, 9.17) is 4.74 Å². The van der Waals surface area contributed by atoms with E-state index in [9.17, 15) is 19.8 Å². The summed E-state index contributed by atoms with van der Waals surface area (Å²) in [4.78, 5) is 27.4. The van der Waals surface area contributed by atoms with E-state index in [0.29, 0.717) is 32.2 Å². The van der Waals surface area contributed by atoms with Crippen molar-refractivity contribution < 1.29 is 24.5 Å². The van der Waals surface area contributed by atoms with Crippen LogP contribution in [-0.2, 0) is 22.5 Å². The van der Waals surface area contributed by atoms with Gasteiger partial charge in [-0.2, -0.15) is 0 Å². The van der Waals surface area contributed by atoms with Crippen molar-refractivity contribution in [1.29, 1.82) is 0 Å². The van der Waals surface area contributed by atoms with E-state index in [0.717, 1.165) is 40.6 Å². The van der Waals surface area contributed by atoms with Crippen LogP contribution >= 0.6 is 0 Å². The van der Waals surface area contributed by atoms with Gasteiger partial charge in [0.25, 0.3) is 5.91 Å². The van der Waals surface area contributed by atoms with Crippen molar-refractivity contribution in [3.05, 3.63) is 59.2 Å². The van der Waals surface area contributed by atoms with Crippen molar-refractivity contribution in [2.24, 2.45) is 0 Å². The summed E-state index contributed by atoms with van der Waals surface area (Å²) in [6.45, 7) is 1.92. The van der Waals surface area contributed by atoms with Crippen molar-refractivity contribution in [3.63, 3.8) is 0 Å². The Morgan fingerprint density at radius 1 is 1.00 bits per heavy atom. The van der Waals surface area contributed by atoms with Crippen LogP contribution in [0.3, 0.4) is 0 Å². The number of aliphatic hydroxyl groups is 1. The third-order valence-electron chi connectivity index (χ3n) is 8.24. The molecule has 1 saturated heterocycles. The number of amides is 1. The topological polar surface area (TPSA) is 92.0 Å². The molecule has 1 atom stereocenters. The van der Waals surface area contributed by atoms with Crippen molar-refractivity contribution in [3.8, 4) is 11.3 Å². The number of benzene rings is 2. The zero-order valence-electron chi connectivity index (χ0n) is 20.4. The second-order valence-corrected chi connectivity index (χ2v) is 10.5. The lowest BCUT2D eigenvalue weighted by Gasteiger charge is -2.35. The lowest BCUT2D eigenvalue weighted by molar-refractivity contribution is -0.156. The summed E-state index contributed by atoms with van der Waals surface area (Å²) in [5.74, 6) is -0.911. The zero-order chi connectivity index (χ0) is 24.9. The number of morpholine rings is 1. The molecule has 1 aliphatic carbocycles. The second kappa shape index (κ2) is 9.05. The van der Waals surface area contributed by atoms with E-state index in [-0.39, 0.29) is 24.4 Å². The summed E-state index contributed by atoms with van der Waals surface area (Å²) in [6.07, 6.45) is 5.97. The van der Waals surface area contributed by atoms with Gasteiger partial charge >= 0.3 is 5.97 Å². The highest BCUT2D eigenvalue weighted by Crippen LogP contribution is 2.47. The van der Waals surface area contributed by atoms with Gasteiger partial charge in [0, 0.05) is 36.0 Å². The SMILES string of the molecule is O=C(O)c1ccc2c(C3CCCCC3)c3n(c2c1)CC(O)(C(=O)N1CCOCC1)Cc1ccccc1-3. The van der Waals surface area contributed by atoms with Gasteiger partial charge in [0.05, 0.1) is 31.0 Å². The fourth-order valence-electron chi connectivity index (χ4n) is 6.51. The van der Waals surface area contributed by atoms with Gasteiger partial charge in [-0.1, -0.05) is 49.6 Å². The van der Waals surface area contributed by atoms with Crippen molar-refractivity contribution in [2.45, 2.75) is 56.6 Å². The molecule has 2 aliphatic heterocycles. The van der Waals surface area contributed by atoms with Gasteiger partial charge in [-0.3, -0.25) is 4.79 Å². The number of carboxylic acid groups (broad SMARTS) is 1. The van der Waals surface area contributed by atoms with Gasteiger partial charge in [0.15, 0.2) is 5.60 Å². The lowest BCUT2D eigenvalue weighted by atomic mass is 9.81. The Hall–Kier alpha value is -3.16. The van der Waals surface area contributed by atoms with Crippen molar-refractivity contribution in [1.82, 2.24) is 9.47 Å². The molecule has 2 aromatic carbocycles. The normalized spacial score (nSPS) is 22.6. The number of carboxylic acids is 1. The third kappa shape index (κ3) is 3.82. The maximum atomic E-state index is 13.8. The summed E-state index contributed by atoms with van der Waals surface area (Å²) in [5, 5.41) is 22.8. The maximum Gasteiger partial charge on any atom is 0.335 e. The molecule has 1 saturated carbocycles. The maximum absolute atomic E-state index is 13.8. The Morgan fingerprint density at radius 3 is 2.50 bits per heavy atom. The highest BCUT2D eigenvalue weighted by molar-refractivity contribution is 5.99. The van der Waals surface area contributed by atoms with Crippen LogP contribution in [0.1, 0.15) is 59.5 Å². The number of ether oxygens (including phenoxy) is 1. The summed E-state index contributed by atoms with van der Waals surface area (Å²) in [6, 6.07) is 13.4. The van der Waals surface area contributed by atoms with Crippen LogP contribution in [0.2, 0.25) is 0 Å². The minimum atomic E-state index is -1.65. The first-order chi connectivity index (χ1) is 17.5. The van der Waals surface area contributed by atoms with E-state index < -0.39 is 11.6 Å². The fourth-order valence-corrected chi connectivity index (χ4v) is 6.51. The molecule has 1 unspecified atom stereocenters. The molecule has 0 spiro atoms. The predicted molar refractivity (Wildman–Crippen MR) is 136 cm³/mol. The van der Waals surface area contributed by atoms with Gasteiger partial charge < -0.3 is 24.4 Å². The molecule has 2 N–H and O–H groups in total. The largest absolute Gasteiger partial charge is 0.478 e.